The normalized spacial score (nSPS) is 16.0. The van der Waals surface area contributed by atoms with Gasteiger partial charge < -0.3 is 9.84 Å². The summed E-state index contributed by atoms with van der Waals surface area (Å²) >= 11 is 3.41. The average molecular weight is 532 g/mol. The van der Waals surface area contributed by atoms with Gasteiger partial charge in [-0.2, -0.15) is 0 Å². The van der Waals surface area contributed by atoms with E-state index >= 15 is 0 Å². The van der Waals surface area contributed by atoms with Crippen molar-refractivity contribution in [2.24, 2.45) is 0 Å². The molecule has 2 heterocycles. The van der Waals surface area contributed by atoms with Gasteiger partial charge in [-0.15, -0.1) is 0 Å². The van der Waals surface area contributed by atoms with Crippen LogP contribution >= 0.6 is 15.9 Å². The number of hydrogen-bond donors (Lipinski definition) is 1. The van der Waals surface area contributed by atoms with Gasteiger partial charge in [0.15, 0.2) is 0 Å². The molecule has 5 nitrogen and oxygen atoms in total. The number of piperazine rings is 1. The fourth-order valence-electron chi connectivity index (χ4n) is 4.85. The zero-order chi connectivity index (χ0) is 24.0. The molecule has 5 rings (SSSR count). The number of aliphatic hydroxyl groups is 1. The van der Waals surface area contributed by atoms with Gasteiger partial charge in [-0.1, -0.05) is 66.7 Å². The van der Waals surface area contributed by atoms with Gasteiger partial charge >= 0.3 is 0 Å². The summed E-state index contributed by atoms with van der Waals surface area (Å²) in [6.07, 6.45) is -0.556. The third-order valence-electron chi connectivity index (χ3n) is 6.56. The lowest BCUT2D eigenvalue weighted by Gasteiger charge is -2.40. The van der Waals surface area contributed by atoms with Crippen LogP contribution in [-0.4, -0.2) is 65.3 Å². The molecule has 180 valence electrons. The largest absolute Gasteiger partial charge is 0.490 e. The van der Waals surface area contributed by atoms with Crippen molar-refractivity contribution in [3.63, 3.8) is 0 Å². The fourth-order valence-corrected chi connectivity index (χ4v) is 5.18. The van der Waals surface area contributed by atoms with E-state index in [1.54, 1.807) is 0 Å². The maximum Gasteiger partial charge on any atom is 0.128 e. The lowest BCUT2D eigenvalue weighted by atomic mass is 9.96. The first kappa shape index (κ1) is 23.9. The molecule has 0 saturated carbocycles. The summed E-state index contributed by atoms with van der Waals surface area (Å²) < 4.78 is 6.79. The second-order valence-electron chi connectivity index (χ2n) is 8.98. The Kier molecular flexibility index (Phi) is 7.74. The van der Waals surface area contributed by atoms with E-state index < -0.39 is 6.10 Å². The molecule has 6 heteroatoms. The summed E-state index contributed by atoms with van der Waals surface area (Å²) in [6, 6.07) is 31.4. The minimum Gasteiger partial charge on any atom is -0.490 e. The molecule has 3 aromatic carbocycles. The number of aromatic nitrogens is 1. The molecular weight excluding hydrogens is 502 g/mol. The molecule has 1 N–H and O–H groups in total. The van der Waals surface area contributed by atoms with Crippen LogP contribution in [0.25, 0.3) is 10.9 Å². The molecule has 1 unspecified atom stereocenters. The average Bonchev–Trinajstić information content (AvgIpc) is 2.90. The van der Waals surface area contributed by atoms with Gasteiger partial charge in [0, 0.05) is 38.1 Å². The van der Waals surface area contributed by atoms with Crippen LogP contribution in [0, 0.1) is 0 Å². The molecule has 0 spiro atoms. The highest BCUT2D eigenvalue weighted by atomic mass is 79.9. The van der Waals surface area contributed by atoms with Crippen molar-refractivity contribution in [2.75, 3.05) is 39.3 Å². The molecule has 1 aromatic heterocycles. The van der Waals surface area contributed by atoms with E-state index in [9.17, 15) is 5.11 Å². The highest BCUT2D eigenvalue weighted by Crippen LogP contribution is 2.30. The number of halogens is 1. The van der Waals surface area contributed by atoms with Crippen LogP contribution in [0.2, 0.25) is 0 Å². The van der Waals surface area contributed by atoms with Gasteiger partial charge in [0.2, 0.25) is 0 Å². The van der Waals surface area contributed by atoms with Gasteiger partial charge in [-0.25, -0.2) is 4.98 Å². The SMILES string of the molecule is OC(COc1cccc2nc(Br)ccc12)CN1CCN(C(c2ccccc2)c2ccccc2)CC1. The van der Waals surface area contributed by atoms with Crippen molar-refractivity contribution < 1.29 is 9.84 Å². The standard InChI is InChI=1S/C29H30BrN3O2/c30-28-15-14-25-26(31-28)12-7-13-27(25)35-21-24(34)20-32-16-18-33(19-17-32)29(22-8-3-1-4-9-22)23-10-5-2-6-11-23/h1-15,24,29,34H,16-21H2. The number of ether oxygens (including phenoxy) is 1. The molecule has 1 saturated heterocycles. The maximum atomic E-state index is 10.7. The van der Waals surface area contributed by atoms with Crippen molar-refractivity contribution >= 4 is 26.8 Å². The van der Waals surface area contributed by atoms with Crippen LogP contribution in [0.3, 0.4) is 0 Å². The summed E-state index contributed by atoms with van der Waals surface area (Å²) in [5, 5.41) is 11.7. The van der Waals surface area contributed by atoms with Crippen molar-refractivity contribution in [1.82, 2.24) is 14.8 Å². The molecule has 1 fully saturated rings. The Morgan fingerprint density at radius 3 is 2.11 bits per heavy atom. The van der Waals surface area contributed by atoms with Gasteiger partial charge in [0.05, 0.1) is 11.6 Å². The number of fused-ring (bicyclic) bond motifs is 1. The predicted molar refractivity (Wildman–Crippen MR) is 144 cm³/mol. The molecule has 0 radical (unpaired) electrons. The first-order valence-electron chi connectivity index (χ1n) is 12.1. The van der Waals surface area contributed by atoms with E-state index in [2.05, 4.69) is 91.4 Å². The van der Waals surface area contributed by atoms with E-state index in [0.717, 1.165) is 47.4 Å². The first-order valence-corrected chi connectivity index (χ1v) is 12.9. The molecule has 0 amide bonds. The van der Waals surface area contributed by atoms with E-state index in [-0.39, 0.29) is 12.6 Å². The number of nitrogens with zero attached hydrogens (tertiary/aromatic N) is 3. The summed E-state index contributed by atoms with van der Waals surface area (Å²) in [4.78, 5) is 9.36. The second-order valence-corrected chi connectivity index (χ2v) is 9.79. The Balaban J connectivity index is 1.17. The monoisotopic (exact) mass is 531 g/mol. The van der Waals surface area contributed by atoms with Gasteiger partial charge in [-0.05, 0) is 51.3 Å². The lowest BCUT2D eigenvalue weighted by molar-refractivity contribution is 0.0404. The zero-order valence-electron chi connectivity index (χ0n) is 19.6. The Morgan fingerprint density at radius 1 is 0.800 bits per heavy atom. The highest BCUT2D eigenvalue weighted by Gasteiger charge is 2.27. The summed E-state index contributed by atoms with van der Waals surface area (Å²) in [6.45, 7) is 4.59. The summed E-state index contributed by atoms with van der Waals surface area (Å²) in [5.74, 6) is 0.750. The first-order chi connectivity index (χ1) is 17.2. The van der Waals surface area contributed by atoms with E-state index in [1.165, 1.54) is 11.1 Å². The van der Waals surface area contributed by atoms with Crippen LogP contribution < -0.4 is 4.74 Å². The minimum atomic E-state index is -0.556. The van der Waals surface area contributed by atoms with E-state index in [1.807, 2.05) is 30.3 Å². The molecular formula is C29H30BrN3O2. The Labute approximate surface area is 215 Å². The van der Waals surface area contributed by atoms with Crippen molar-refractivity contribution in [2.45, 2.75) is 12.1 Å². The van der Waals surface area contributed by atoms with E-state index in [0.29, 0.717) is 6.54 Å². The molecule has 1 aliphatic rings. The van der Waals surface area contributed by atoms with Gasteiger partial charge in [0.25, 0.3) is 0 Å². The van der Waals surface area contributed by atoms with E-state index in [4.69, 9.17) is 4.74 Å². The number of rotatable bonds is 8. The molecule has 1 atom stereocenters. The molecule has 35 heavy (non-hydrogen) atoms. The molecule has 0 bridgehead atoms. The number of pyridine rings is 1. The Hall–Kier alpha value is -2.77. The predicted octanol–water partition coefficient (Wildman–Crippen LogP) is 5.14. The zero-order valence-corrected chi connectivity index (χ0v) is 21.2. The van der Waals surface area contributed by atoms with Crippen molar-refractivity contribution in [1.29, 1.82) is 0 Å². The van der Waals surface area contributed by atoms with Crippen molar-refractivity contribution in [3.8, 4) is 5.75 Å². The molecule has 4 aromatic rings. The van der Waals surface area contributed by atoms with Crippen LogP contribution in [0.1, 0.15) is 17.2 Å². The van der Waals surface area contributed by atoms with Crippen LogP contribution in [0.5, 0.6) is 5.75 Å². The maximum absolute atomic E-state index is 10.7. The fraction of sp³-hybridized carbons (Fsp3) is 0.276. The number of β-amino-alcohol motifs (C(OH)–C–C–N with tert-alkyl or cyclic N) is 1. The summed E-state index contributed by atoms with van der Waals surface area (Å²) in [7, 11) is 0. The number of aliphatic hydroxyl groups excluding tert-OH is 1. The number of benzene rings is 3. The lowest BCUT2D eigenvalue weighted by Crippen LogP contribution is -2.50. The third kappa shape index (κ3) is 5.90. The van der Waals surface area contributed by atoms with Crippen LogP contribution in [-0.2, 0) is 0 Å². The smallest absolute Gasteiger partial charge is 0.128 e. The van der Waals surface area contributed by atoms with Crippen molar-refractivity contribution in [3.05, 3.63) is 107 Å². The molecule has 0 aliphatic carbocycles. The number of hydrogen-bond acceptors (Lipinski definition) is 5. The topological polar surface area (TPSA) is 48.8 Å². The Bertz CT molecular complexity index is 1190. The quantitative estimate of drug-likeness (QED) is 0.319. The Morgan fingerprint density at radius 2 is 1.46 bits per heavy atom. The van der Waals surface area contributed by atoms with Crippen LogP contribution in [0.4, 0.5) is 0 Å². The second kappa shape index (κ2) is 11.3. The third-order valence-corrected chi connectivity index (χ3v) is 7.00. The van der Waals surface area contributed by atoms with Crippen LogP contribution in [0.15, 0.2) is 95.6 Å². The highest BCUT2D eigenvalue weighted by molar-refractivity contribution is 9.10. The minimum absolute atomic E-state index is 0.243. The van der Waals surface area contributed by atoms with Gasteiger partial charge in [0.1, 0.15) is 23.1 Å². The molecule has 1 aliphatic heterocycles. The van der Waals surface area contributed by atoms with Gasteiger partial charge in [-0.3, -0.25) is 9.80 Å². The summed E-state index contributed by atoms with van der Waals surface area (Å²) in [5.41, 5.74) is 3.50.